The number of hydrogen-bond acceptors (Lipinski definition) is 3. The van der Waals surface area contributed by atoms with Gasteiger partial charge in [0.2, 0.25) is 0 Å². The van der Waals surface area contributed by atoms with Gasteiger partial charge < -0.3 is 5.32 Å². The molecule has 4 nitrogen and oxygen atoms in total. The molecule has 0 atom stereocenters. The summed E-state index contributed by atoms with van der Waals surface area (Å²) in [5, 5.41) is 3.12. The highest BCUT2D eigenvalue weighted by Crippen LogP contribution is 2.18. The fourth-order valence-electron chi connectivity index (χ4n) is 1.66. The SMILES string of the molecule is C=CCNc1ccc(NS(=O)(=O)c2ccccc2)cc1. The first-order chi connectivity index (χ1) is 9.62. The minimum Gasteiger partial charge on any atom is -0.382 e. The Bertz CT molecular complexity index is 665. The molecular formula is C15H16N2O2S. The van der Waals surface area contributed by atoms with Crippen molar-refractivity contribution in [2.24, 2.45) is 0 Å². The van der Waals surface area contributed by atoms with Crippen molar-refractivity contribution < 1.29 is 8.42 Å². The molecule has 20 heavy (non-hydrogen) atoms. The van der Waals surface area contributed by atoms with E-state index in [2.05, 4.69) is 16.6 Å². The summed E-state index contributed by atoms with van der Waals surface area (Å²) < 4.78 is 26.8. The van der Waals surface area contributed by atoms with Crippen LogP contribution in [0.2, 0.25) is 0 Å². The molecule has 5 heteroatoms. The van der Waals surface area contributed by atoms with E-state index >= 15 is 0 Å². The first-order valence-corrected chi connectivity index (χ1v) is 7.63. The van der Waals surface area contributed by atoms with Gasteiger partial charge in [0.15, 0.2) is 0 Å². The van der Waals surface area contributed by atoms with Crippen molar-refractivity contribution in [2.75, 3.05) is 16.6 Å². The van der Waals surface area contributed by atoms with Gasteiger partial charge in [-0.25, -0.2) is 8.42 Å². The van der Waals surface area contributed by atoms with Gasteiger partial charge in [0.1, 0.15) is 0 Å². The van der Waals surface area contributed by atoms with Crippen LogP contribution in [0.1, 0.15) is 0 Å². The molecule has 0 radical (unpaired) electrons. The molecule has 0 aliphatic rings. The van der Waals surface area contributed by atoms with Crippen LogP contribution >= 0.6 is 0 Å². The summed E-state index contributed by atoms with van der Waals surface area (Å²) in [5.74, 6) is 0. The van der Waals surface area contributed by atoms with Crippen LogP contribution in [-0.2, 0) is 10.0 Å². The molecule has 0 saturated heterocycles. The van der Waals surface area contributed by atoms with Gasteiger partial charge in [0.25, 0.3) is 10.0 Å². The van der Waals surface area contributed by atoms with E-state index in [1.165, 1.54) is 0 Å². The van der Waals surface area contributed by atoms with E-state index in [-0.39, 0.29) is 4.90 Å². The van der Waals surface area contributed by atoms with E-state index in [0.717, 1.165) is 5.69 Å². The summed E-state index contributed by atoms with van der Waals surface area (Å²) in [6.07, 6.45) is 1.76. The number of sulfonamides is 1. The van der Waals surface area contributed by atoms with Gasteiger partial charge in [-0.3, -0.25) is 4.72 Å². The molecule has 0 bridgehead atoms. The minimum absolute atomic E-state index is 0.244. The third-order valence-electron chi connectivity index (χ3n) is 2.64. The first kappa shape index (κ1) is 14.1. The van der Waals surface area contributed by atoms with Crippen LogP contribution < -0.4 is 10.0 Å². The smallest absolute Gasteiger partial charge is 0.261 e. The minimum atomic E-state index is -3.53. The summed E-state index contributed by atoms with van der Waals surface area (Å²) in [7, 11) is -3.53. The molecule has 0 unspecified atom stereocenters. The third-order valence-corrected chi connectivity index (χ3v) is 4.04. The highest BCUT2D eigenvalue weighted by molar-refractivity contribution is 7.92. The zero-order chi connectivity index (χ0) is 14.4. The molecule has 2 N–H and O–H groups in total. The lowest BCUT2D eigenvalue weighted by Crippen LogP contribution is -2.12. The van der Waals surface area contributed by atoms with Gasteiger partial charge in [-0.2, -0.15) is 0 Å². The fraction of sp³-hybridized carbons (Fsp3) is 0.0667. The molecule has 2 aromatic carbocycles. The summed E-state index contributed by atoms with van der Waals surface area (Å²) in [6, 6.07) is 15.3. The van der Waals surface area contributed by atoms with Crippen molar-refractivity contribution in [1.82, 2.24) is 0 Å². The molecule has 0 saturated carbocycles. The van der Waals surface area contributed by atoms with Crippen LogP contribution in [0.5, 0.6) is 0 Å². The monoisotopic (exact) mass is 288 g/mol. The molecule has 0 spiro atoms. The Kier molecular flexibility index (Phi) is 4.42. The normalized spacial score (nSPS) is 10.8. The number of hydrogen-bond donors (Lipinski definition) is 2. The number of nitrogens with one attached hydrogen (secondary N) is 2. The van der Waals surface area contributed by atoms with Crippen molar-refractivity contribution in [1.29, 1.82) is 0 Å². The zero-order valence-corrected chi connectivity index (χ0v) is 11.7. The van der Waals surface area contributed by atoms with Crippen LogP contribution in [-0.4, -0.2) is 15.0 Å². The number of anilines is 2. The molecule has 104 valence electrons. The Morgan fingerprint density at radius 3 is 2.15 bits per heavy atom. The largest absolute Gasteiger partial charge is 0.382 e. The van der Waals surface area contributed by atoms with E-state index in [9.17, 15) is 8.42 Å². The summed E-state index contributed by atoms with van der Waals surface area (Å²) in [6.45, 7) is 4.28. The third kappa shape index (κ3) is 3.61. The van der Waals surface area contributed by atoms with Crippen molar-refractivity contribution in [3.8, 4) is 0 Å². The Morgan fingerprint density at radius 2 is 1.55 bits per heavy atom. The lowest BCUT2D eigenvalue weighted by atomic mass is 10.3. The number of rotatable bonds is 6. The second-order valence-electron chi connectivity index (χ2n) is 4.17. The van der Waals surface area contributed by atoms with Crippen molar-refractivity contribution in [3.63, 3.8) is 0 Å². The molecule has 0 aliphatic carbocycles. The standard InChI is InChI=1S/C15H16N2O2S/c1-2-12-16-13-8-10-14(11-9-13)17-20(18,19)15-6-4-3-5-7-15/h2-11,16-17H,1,12H2. The first-order valence-electron chi connectivity index (χ1n) is 6.14. The maximum Gasteiger partial charge on any atom is 0.261 e. The molecule has 2 aromatic rings. The predicted molar refractivity (Wildman–Crippen MR) is 82.4 cm³/mol. The molecule has 0 heterocycles. The van der Waals surface area contributed by atoms with E-state index in [1.807, 2.05) is 12.1 Å². The van der Waals surface area contributed by atoms with Crippen LogP contribution in [0.4, 0.5) is 11.4 Å². The lowest BCUT2D eigenvalue weighted by Gasteiger charge is -2.09. The Hall–Kier alpha value is -2.27. The van der Waals surface area contributed by atoms with Crippen LogP contribution in [0.15, 0.2) is 72.1 Å². The van der Waals surface area contributed by atoms with Gasteiger partial charge in [0, 0.05) is 17.9 Å². The maximum absolute atomic E-state index is 12.1. The highest BCUT2D eigenvalue weighted by atomic mass is 32.2. The molecule has 0 aromatic heterocycles. The second-order valence-corrected chi connectivity index (χ2v) is 5.85. The van der Waals surface area contributed by atoms with Crippen LogP contribution in [0.3, 0.4) is 0 Å². The molecule has 0 aliphatic heterocycles. The van der Waals surface area contributed by atoms with E-state index < -0.39 is 10.0 Å². The summed E-state index contributed by atoms with van der Waals surface area (Å²) in [4.78, 5) is 0.244. The van der Waals surface area contributed by atoms with Crippen molar-refractivity contribution in [2.45, 2.75) is 4.90 Å². The van der Waals surface area contributed by atoms with Crippen molar-refractivity contribution in [3.05, 3.63) is 67.3 Å². The fourth-order valence-corrected chi connectivity index (χ4v) is 2.74. The Morgan fingerprint density at radius 1 is 0.950 bits per heavy atom. The topological polar surface area (TPSA) is 58.2 Å². The summed E-state index contributed by atoms with van der Waals surface area (Å²) in [5.41, 5.74) is 1.44. The Labute approximate surface area is 119 Å². The van der Waals surface area contributed by atoms with Crippen LogP contribution in [0.25, 0.3) is 0 Å². The quantitative estimate of drug-likeness (QED) is 0.803. The second kappa shape index (κ2) is 6.25. The van der Waals surface area contributed by atoms with Crippen molar-refractivity contribution >= 4 is 21.4 Å². The van der Waals surface area contributed by atoms with Gasteiger partial charge in [-0.05, 0) is 36.4 Å². The van der Waals surface area contributed by atoms with Gasteiger partial charge in [-0.15, -0.1) is 6.58 Å². The van der Waals surface area contributed by atoms with Crippen LogP contribution in [0, 0.1) is 0 Å². The summed E-state index contributed by atoms with van der Waals surface area (Å²) >= 11 is 0. The van der Waals surface area contributed by atoms with E-state index in [4.69, 9.17) is 0 Å². The molecule has 0 amide bonds. The highest BCUT2D eigenvalue weighted by Gasteiger charge is 2.12. The van der Waals surface area contributed by atoms with Gasteiger partial charge >= 0.3 is 0 Å². The van der Waals surface area contributed by atoms with E-state index in [1.54, 1.807) is 48.5 Å². The molecule has 2 rings (SSSR count). The zero-order valence-electron chi connectivity index (χ0n) is 10.9. The molecular weight excluding hydrogens is 272 g/mol. The van der Waals surface area contributed by atoms with Gasteiger partial charge in [0.05, 0.1) is 4.90 Å². The van der Waals surface area contributed by atoms with Gasteiger partial charge in [-0.1, -0.05) is 24.3 Å². The molecule has 0 fully saturated rings. The average molecular weight is 288 g/mol. The van der Waals surface area contributed by atoms with E-state index in [0.29, 0.717) is 12.2 Å². The Balaban J connectivity index is 2.12. The maximum atomic E-state index is 12.1. The lowest BCUT2D eigenvalue weighted by molar-refractivity contribution is 0.601. The number of benzene rings is 2. The predicted octanol–water partition coefficient (Wildman–Crippen LogP) is 3.09. The average Bonchev–Trinajstić information content (AvgIpc) is 2.47.